The number of hydrogen-bond donors (Lipinski definition) is 1. The maximum Gasteiger partial charge on any atom is 0.406 e. The number of carbonyl (C=O) groups excluding carboxylic acids is 1. The summed E-state index contributed by atoms with van der Waals surface area (Å²) in [5.41, 5.74) is 5.32. The molecule has 1 unspecified atom stereocenters. The molecule has 0 saturated heterocycles. The van der Waals surface area contributed by atoms with Gasteiger partial charge in [0.05, 0.1) is 11.8 Å². The summed E-state index contributed by atoms with van der Waals surface area (Å²) in [5.74, 6) is -1.26. The molecule has 0 spiro atoms. The van der Waals surface area contributed by atoms with Crippen LogP contribution in [0.4, 0.5) is 13.2 Å². The third-order valence-corrected chi connectivity index (χ3v) is 2.89. The Morgan fingerprint density at radius 2 is 1.88 bits per heavy atom. The predicted molar refractivity (Wildman–Crippen MR) is 56.0 cm³/mol. The lowest BCUT2D eigenvalue weighted by Gasteiger charge is -2.22. The minimum atomic E-state index is -4.50. The van der Waals surface area contributed by atoms with Crippen LogP contribution < -0.4 is 5.73 Å². The lowest BCUT2D eigenvalue weighted by Crippen LogP contribution is -2.45. The van der Waals surface area contributed by atoms with Gasteiger partial charge in [0, 0.05) is 13.3 Å². The first kappa shape index (κ1) is 16.2. The van der Waals surface area contributed by atoms with Gasteiger partial charge in [-0.05, 0) is 6.42 Å². The van der Waals surface area contributed by atoms with Gasteiger partial charge in [-0.1, -0.05) is 0 Å². The zero-order valence-corrected chi connectivity index (χ0v) is 10.3. The first-order valence-corrected chi connectivity index (χ1v) is 6.73. The molecule has 0 aromatic rings. The molecule has 102 valence electrons. The summed E-state index contributed by atoms with van der Waals surface area (Å²) in [5, 5.41) is 0. The fourth-order valence-corrected chi connectivity index (χ4v) is 1.78. The van der Waals surface area contributed by atoms with E-state index in [0.717, 1.165) is 13.3 Å². The minimum Gasteiger partial charge on any atom is -0.335 e. The standard InChI is InChI=1S/C8H15F3N2O3S/c1-13(5-8(9,10)11)7(14)6(12)3-4-17(2,15)16/h6H,3-5,12H2,1-2H3. The SMILES string of the molecule is CN(CC(F)(F)F)C(=O)C(N)CCS(C)(=O)=O. The molecule has 1 amide bonds. The molecule has 2 N–H and O–H groups in total. The monoisotopic (exact) mass is 276 g/mol. The third kappa shape index (κ3) is 7.97. The third-order valence-electron chi connectivity index (χ3n) is 1.91. The topological polar surface area (TPSA) is 80.5 Å². The first-order chi connectivity index (χ1) is 7.42. The number of sulfone groups is 1. The smallest absolute Gasteiger partial charge is 0.335 e. The largest absolute Gasteiger partial charge is 0.406 e. The lowest BCUT2D eigenvalue weighted by molar-refractivity contribution is -0.159. The Bertz CT molecular complexity index is 367. The fraction of sp³-hybridized carbons (Fsp3) is 0.875. The van der Waals surface area contributed by atoms with Crippen molar-refractivity contribution in [2.75, 3.05) is 25.6 Å². The summed E-state index contributed by atoms with van der Waals surface area (Å²) in [6.07, 6.45) is -3.73. The Morgan fingerprint density at radius 1 is 1.41 bits per heavy atom. The van der Waals surface area contributed by atoms with Crippen LogP contribution in [0.2, 0.25) is 0 Å². The summed E-state index contributed by atoms with van der Waals surface area (Å²) in [4.78, 5) is 11.8. The van der Waals surface area contributed by atoms with Gasteiger partial charge in [-0.25, -0.2) is 8.42 Å². The van der Waals surface area contributed by atoms with Crippen molar-refractivity contribution in [2.24, 2.45) is 5.73 Å². The number of alkyl halides is 3. The van der Waals surface area contributed by atoms with Crippen molar-refractivity contribution in [2.45, 2.75) is 18.6 Å². The Labute approximate surface area is 97.7 Å². The summed E-state index contributed by atoms with van der Waals surface area (Å²) >= 11 is 0. The molecule has 0 radical (unpaired) electrons. The van der Waals surface area contributed by atoms with Crippen molar-refractivity contribution in [1.29, 1.82) is 0 Å². The number of rotatable bonds is 5. The van der Waals surface area contributed by atoms with E-state index >= 15 is 0 Å². The Hall–Kier alpha value is -0.830. The van der Waals surface area contributed by atoms with Crippen LogP contribution in [0.5, 0.6) is 0 Å². The highest BCUT2D eigenvalue weighted by atomic mass is 32.2. The Balaban J connectivity index is 4.31. The molecule has 0 aliphatic rings. The summed E-state index contributed by atoms with van der Waals surface area (Å²) in [7, 11) is -2.32. The van der Waals surface area contributed by atoms with Crippen molar-refractivity contribution >= 4 is 15.7 Å². The average Bonchev–Trinajstić information content (AvgIpc) is 2.08. The number of halogens is 3. The molecule has 0 aliphatic heterocycles. The Kier molecular flexibility index (Phi) is 5.40. The molecule has 0 rings (SSSR count). The molecule has 1 atom stereocenters. The van der Waals surface area contributed by atoms with Gasteiger partial charge in [-0.3, -0.25) is 4.79 Å². The molecule has 0 fully saturated rings. The summed E-state index contributed by atoms with van der Waals surface area (Å²) in [6, 6.07) is -1.24. The van der Waals surface area contributed by atoms with E-state index in [4.69, 9.17) is 5.73 Å². The highest BCUT2D eigenvalue weighted by Gasteiger charge is 2.32. The average molecular weight is 276 g/mol. The number of nitrogens with zero attached hydrogens (tertiary/aromatic N) is 1. The van der Waals surface area contributed by atoms with Crippen LogP contribution in [0.25, 0.3) is 0 Å². The number of likely N-dealkylation sites (N-methyl/N-ethyl adjacent to an activating group) is 1. The van der Waals surface area contributed by atoms with E-state index in [1.807, 2.05) is 0 Å². The van der Waals surface area contributed by atoms with Crippen LogP contribution in [-0.2, 0) is 14.6 Å². The summed E-state index contributed by atoms with van der Waals surface area (Å²) in [6.45, 7) is -1.40. The second kappa shape index (κ2) is 5.67. The van der Waals surface area contributed by atoms with E-state index in [2.05, 4.69) is 0 Å². The molecule has 5 nitrogen and oxygen atoms in total. The predicted octanol–water partition coefficient (Wildman–Crippen LogP) is -0.231. The highest BCUT2D eigenvalue weighted by Crippen LogP contribution is 2.16. The van der Waals surface area contributed by atoms with Gasteiger partial charge in [0.1, 0.15) is 16.4 Å². The second-order valence-corrected chi connectivity index (χ2v) is 6.09. The lowest BCUT2D eigenvalue weighted by atomic mass is 10.2. The molecule has 17 heavy (non-hydrogen) atoms. The molecule has 0 aliphatic carbocycles. The van der Waals surface area contributed by atoms with Crippen LogP contribution in [0, 0.1) is 0 Å². The number of amides is 1. The molecule has 0 bridgehead atoms. The maximum absolute atomic E-state index is 12.0. The fourth-order valence-electron chi connectivity index (χ4n) is 1.09. The summed E-state index contributed by atoms with van der Waals surface area (Å²) < 4.78 is 57.5. The van der Waals surface area contributed by atoms with Gasteiger partial charge in [0.25, 0.3) is 0 Å². The molecule has 0 aromatic carbocycles. The van der Waals surface area contributed by atoms with Crippen molar-refractivity contribution in [3.05, 3.63) is 0 Å². The Morgan fingerprint density at radius 3 is 2.24 bits per heavy atom. The van der Waals surface area contributed by atoms with Gasteiger partial charge in [-0.2, -0.15) is 13.2 Å². The minimum absolute atomic E-state index is 0.195. The molecule has 0 heterocycles. The van der Waals surface area contributed by atoms with Crippen LogP contribution in [-0.4, -0.2) is 57.0 Å². The second-order valence-electron chi connectivity index (χ2n) is 3.83. The van der Waals surface area contributed by atoms with E-state index in [9.17, 15) is 26.4 Å². The maximum atomic E-state index is 12.0. The van der Waals surface area contributed by atoms with Crippen LogP contribution >= 0.6 is 0 Å². The zero-order chi connectivity index (χ0) is 13.9. The van der Waals surface area contributed by atoms with Gasteiger partial charge in [0.15, 0.2) is 0 Å². The number of hydrogen-bond acceptors (Lipinski definition) is 4. The van der Waals surface area contributed by atoms with Crippen LogP contribution in [0.1, 0.15) is 6.42 Å². The normalized spacial score (nSPS) is 14.5. The number of nitrogens with two attached hydrogens (primary N) is 1. The van der Waals surface area contributed by atoms with E-state index in [1.165, 1.54) is 0 Å². The van der Waals surface area contributed by atoms with Crippen molar-refractivity contribution < 1.29 is 26.4 Å². The van der Waals surface area contributed by atoms with E-state index in [1.54, 1.807) is 0 Å². The van der Waals surface area contributed by atoms with Crippen LogP contribution in [0.15, 0.2) is 0 Å². The quantitative estimate of drug-likeness (QED) is 0.752. The molecule has 0 saturated carbocycles. The van der Waals surface area contributed by atoms with E-state index in [0.29, 0.717) is 4.90 Å². The van der Waals surface area contributed by atoms with Gasteiger partial charge >= 0.3 is 6.18 Å². The molecule has 0 aromatic heterocycles. The van der Waals surface area contributed by atoms with Gasteiger partial charge in [-0.15, -0.1) is 0 Å². The molecular weight excluding hydrogens is 261 g/mol. The van der Waals surface area contributed by atoms with E-state index < -0.39 is 34.5 Å². The molecule has 9 heteroatoms. The zero-order valence-electron chi connectivity index (χ0n) is 9.49. The first-order valence-electron chi connectivity index (χ1n) is 4.67. The van der Waals surface area contributed by atoms with Crippen molar-refractivity contribution in [1.82, 2.24) is 4.90 Å². The van der Waals surface area contributed by atoms with Crippen molar-refractivity contribution in [3.63, 3.8) is 0 Å². The molecular formula is C8H15F3N2O3S. The van der Waals surface area contributed by atoms with E-state index in [-0.39, 0.29) is 12.2 Å². The van der Waals surface area contributed by atoms with Gasteiger partial charge < -0.3 is 10.6 Å². The number of carbonyl (C=O) groups is 1. The highest BCUT2D eigenvalue weighted by molar-refractivity contribution is 7.90. The van der Waals surface area contributed by atoms with Crippen molar-refractivity contribution in [3.8, 4) is 0 Å². The van der Waals surface area contributed by atoms with Gasteiger partial charge in [0.2, 0.25) is 5.91 Å². The van der Waals surface area contributed by atoms with Crippen LogP contribution in [0.3, 0.4) is 0 Å².